The third kappa shape index (κ3) is 2.79. The van der Waals surface area contributed by atoms with Crippen molar-refractivity contribution in [2.75, 3.05) is 6.54 Å². The molecule has 2 fully saturated rings. The van der Waals surface area contributed by atoms with Crippen molar-refractivity contribution in [2.45, 2.75) is 56.8 Å². The zero-order valence-corrected chi connectivity index (χ0v) is 10.1. The Morgan fingerprint density at radius 3 is 2.22 bits per heavy atom. The molecule has 1 aliphatic heterocycles. The minimum Gasteiger partial charge on any atom is -0.480 e. The van der Waals surface area contributed by atoms with Crippen molar-refractivity contribution in [1.29, 1.82) is 0 Å². The number of likely N-dealkylation sites (tertiary alicyclic amines) is 1. The van der Waals surface area contributed by atoms with Gasteiger partial charge < -0.3 is 5.11 Å². The monoisotopic (exact) mass is 265 g/mol. The minimum atomic E-state index is -4.10. The summed E-state index contributed by atoms with van der Waals surface area (Å²) in [6, 6.07) is -0.468. The molecule has 6 heteroatoms. The Hall–Kier alpha value is -0.780. The largest absolute Gasteiger partial charge is 0.480 e. The Labute approximate surface area is 104 Å². The molecule has 1 unspecified atom stereocenters. The van der Waals surface area contributed by atoms with Crippen molar-refractivity contribution >= 4 is 5.97 Å². The molecule has 1 N–H and O–H groups in total. The van der Waals surface area contributed by atoms with Crippen LogP contribution < -0.4 is 0 Å². The molecule has 1 saturated heterocycles. The number of alkyl halides is 3. The molecule has 1 saturated carbocycles. The highest BCUT2D eigenvalue weighted by Gasteiger charge is 2.44. The fraction of sp³-hybridized carbons (Fsp3) is 0.917. The van der Waals surface area contributed by atoms with E-state index in [1.54, 1.807) is 0 Å². The molecule has 0 amide bonds. The van der Waals surface area contributed by atoms with Gasteiger partial charge in [-0.15, -0.1) is 0 Å². The van der Waals surface area contributed by atoms with Gasteiger partial charge in [-0.1, -0.05) is 0 Å². The van der Waals surface area contributed by atoms with E-state index in [2.05, 4.69) is 0 Å². The quantitative estimate of drug-likeness (QED) is 0.834. The molecule has 0 bridgehead atoms. The summed E-state index contributed by atoms with van der Waals surface area (Å²) in [4.78, 5) is 13.0. The summed E-state index contributed by atoms with van der Waals surface area (Å²) in [5.41, 5.74) is 0. The van der Waals surface area contributed by atoms with E-state index in [0.717, 1.165) is 6.42 Å². The van der Waals surface area contributed by atoms with E-state index >= 15 is 0 Å². The maximum atomic E-state index is 12.5. The van der Waals surface area contributed by atoms with E-state index < -0.39 is 24.1 Å². The van der Waals surface area contributed by atoms with Gasteiger partial charge in [0.1, 0.15) is 6.04 Å². The Bertz CT molecular complexity index is 311. The first-order valence-electron chi connectivity index (χ1n) is 6.45. The molecule has 18 heavy (non-hydrogen) atoms. The summed E-state index contributed by atoms with van der Waals surface area (Å²) < 4.78 is 37.6. The molecule has 2 rings (SSSR count). The van der Waals surface area contributed by atoms with Crippen LogP contribution in [0.3, 0.4) is 0 Å². The van der Waals surface area contributed by atoms with Crippen LogP contribution >= 0.6 is 0 Å². The molecule has 0 radical (unpaired) electrons. The summed E-state index contributed by atoms with van der Waals surface area (Å²) in [7, 11) is 0. The average Bonchev–Trinajstić information content (AvgIpc) is 2.77. The van der Waals surface area contributed by atoms with Gasteiger partial charge in [0.05, 0.1) is 5.92 Å². The molecule has 2 aliphatic rings. The Balaban J connectivity index is 1.91. The first-order valence-corrected chi connectivity index (χ1v) is 6.45. The summed E-state index contributed by atoms with van der Waals surface area (Å²) in [5.74, 6) is -2.04. The summed E-state index contributed by atoms with van der Waals surface area (Å²) >= 11 is 0. The van der Waals surface area contributed by atoms with Crippen molar-refractivity contribution in [2.24, 2.45) is 5.92 Å². The van der Waals surface area contributed by atoms with E-state index in [1.807, 2.05) is 4.90 Å². The van der Waals surface area contributed by atoms with Gasteiger partial charge in [0.15, 0.2) is 0 Å². The summed E-state index contributed by atoms with van der Waals surface area (Å²) in [5, 5.41) is 9.07. The van der Waals surface area contributed by atoms with E-state index in [-0.39, 0.29) is 18.9 Å². The lowest BCUT2D eigenvalue weighted by Gasteiger charge is -2.37. The first kappa shape index (κ1) is 13.6. The van der Waals surface area contributed by atoms with E-state index in [4.69, 9.17) is 5.11 Å². The Kier molecular flexibility index (Phi) is 3.84. The zero-order valence-electron chi connectivity index (χ0n) is 10.1. The second-order valence-corrected chi connectivity index (χ2v) is 5.28. The highest BCUT2D eigenvalue weighted by Crippen LogP contribution is 2.40. The first-order chi connectivity index (χ1) is 8.39. The Morgan fingerprint density at radius 1 is 1.11 bits per heavy atom. The topological polar surface area (TPSA) is 40.5 Å². The molecule has 0 spiro atoms. The third-order valence-corrected chi connectivity index (χ3v) is 4.21. The molecule has 104 valence electrons. The second-order valence-electron chi connectivity index (χ2n) is 5.28. The maximum absolute atomic E-state index is 12.5. The number of hydrogen-bond acceptors (Lipinski definition) is 2. The van der Waals surface area contributed by atoms with Crippen molar-refractivity contribution in [3.05, 3.63) is 0 Å². The highest BCUT2D eigenvalue weighted by atomic mass is 19.4. The van der Waals surface area contributed by atoms with Crippen LogP contribution in [-0.4, -0.2) is 40.8 Å². The number of carboxylic acid groups (broad SMARTS) is 1. The van der Waals surface area contributed by atoms with Crippen LogP contribution in [-0.2, 0) is 4.79 Å². The lowest BCUT2D eigenvalue weighted by molar-refractivity contribution is -0.185. The number of nitrogens with zero attached hydrogens (tertiary/aromatic N) is 1. The van der Waals surface area contributed by atoms with E-state index in [9.17, 15) is 18.0 Å². The maximum Gasteiger partial charge on any atom is 0.391 e. The molecule has 1 aliphatic carbocycles. The number of aliphatic carboxylic acids is 1. The Morgan fingerprint density at radius 2 is 1.72 bits per heavy atom. The van der Waals surface area contributed by atoms with Gasteiger partial charge in [-0.25, -0.2) is 0 Å². The predicted octanol–water partition coefficient (Wildman–Crippen LogP) is 2.66. The van der Waals surface area contributed by atoms with Crippen LogP contribution in [0.4, 0.5) is 13.2 Å². The molecule has 0 aromatic carbocycles. The van der Waals surface area contributed by atoms with Crippen molar-refractivity contribution < 1.29 is 23.1 Å². The third-order valence-electron chi connectivity index (χ3n) is 4.21. The van der Waals surface area contributed by atoms with Gasteiger partial charge in [0.25, 0.3) is 0 Å². The summed E-state index contributed by atoms with van der Waals surface area (Å²) in [6.45, 7) is 0.707. The van der Waals surface area contributed by atoms with Crippen LogP contribution in [0.5, 0.6) is 0 Å². The number of hydrogen-bond donors (Lipinski definition) is 1. The number of carboxylic acids is 1. The van der Waals surface area contributed by atoms with Crippen LogP contribution in [0.2, 0.25) is 0 Å². The van der Waals surface area contributed by atoms with Crippen LogP contribution in [0.15, 0.2) is 0 Å². The standard InChI is InChI=1S/C12H18F3NO2/c13-12(14,15)8-3-5-9(6-4-8)16-7-1-2-10(16)11(17)18/h8-10H,1-7H2,(H,17,18). The van der Waals surface area contributed by atoms with Gasteiger partial charge in [-0.3, -0.25) is 9.69 Å². The molecule has 0 aromatic rings. The highest BCUT2D eigenvalue weighted by molar-refractivity contribution is 5.73. The zero-order chi connectivity index (χ0) is 13.3. The van der Waals surface area contributed by atoms with E-state index in [1.165, 1.54) is 0 Å². The molecule has 0 aromatic heterocycles. The normalized spacial score (nSPS) is 34.7. The van der Waals surface area contributed by atoms with E-state index in [0.29, 0.717) is 25.8 Å². The van der Waals surface area contributed by atoms with Crippen LogP contribution in [0.25, 0.3) is 0 Å². The number of halogens is 3. The predicted molar refractivity (Wildman–Crippen MR) is 59.2 cm³/mol. The fourth-order valence-corrected chi connectivity index (χ4v) is 3.23. The molecular weight excluding hydrogens is 247 g/mol. The van der Waals surface area contributed by atoms with Crippen molar-refractivity contribution in [3.8, 4) is 0 Å². The van der Waals surface area contributed by atoms with Crippen LogP contribution in [0, 0.1) is 5.92 Å². The lowest BCUT2D eigenvalue weighted by Crippen LogP contribution is -2.45. The van der Waals surface area contributed by atoms with Gasteiger partial charge in [-0.2, -0.15) is 13.2 Å². The van der Waals surface area contributed by atoms with Gasteiger partial charge in [0.2, 0.25) is 0 Å². The van der Waals surface area contributed by atoms with Gasteiger partial charge in [0, 0.05) is 6.04 Å². The van der Waals surface area contributed by atoms with Crippen molar-refractivity contribution in [1.82, 2.24) is 4.90 Å². The van der Waals surface area contributed by atoms with Crippen molar-refractivity contribution in [3.63, 3.8) is 0 Å². The average molecular weight is 265 g/mol. The van der Waals surface area contributed by atoms with Crippen LogP contribution in [0.1, 0.15) is 38.5 Å². The fourth-order valence-electron chi connectivity index (χ4n) is 3.23. The molecule has 1 heterocycles. The van der Waals surface area contributed by atoms with Gasteiger partial charge in [-0.05, 0) is 45.1 Å². The van der Waals surface area contributed by atoms with Gasteiger partial charge >= 0.3 is 12.1 Å². The molecular formula is C12H18F3NO2. The molecule has 3 nitrogen and oxygen atoms in total. The minimum absolute atomic E-state index is 0.0206. The SMILES string of the molecule is O=C(O)C1CCCN1C1CCC(C(F)(F)F)CC1. The smallest absolute Gasteiger partial charge is 0.391 e. The molecule has 1 atom stereocenters. The number of carbonyl (C=O) groups is 1. The second kappa shape index (κ2) is 5.07. The lowest BCUT2D eigenvalue weighted by atomic mass is 9.84. The summed E-state index contributed by atoms with van der Waals surface area (Å²) in [6.07, 6.45) is -1.44. The number of rotatable bonds is 2.